The number of quaternary nitrogens is 1. The zero-order chi connectivity index (χ0) is 58.6. The van der Waals surface area contributed by atoms with Gasteiger partial charge in [0, 0.05) is 91.1 Å². The van der Waals surface area contributed by atoms with Gasteiger partial charge in [0.05, 0.1) is 68.5 Å². The summed E-state index contributed by atoms with van der Waals surface area (Å²) in [6.45, 7) is 6.57. The molecule has 0 amide bonds. The van der Waals surface area contributed by atoms with Crippen LogP contribution in [0.1, 0.15) is 69.1 Å². The third kappa shape index (κ3) is 21.0. The predicted octanol–water partition coefficient (Wildman–Crippen LogP) is 0.792. The van der Waals surface area contributed by atoms with Crippen LogP contribution in [-0.4, -0.2) is 97.7 Å². The molecule has 20 heteroatoms. The number of pyridine rings is 2. The molecule has 80 heavy (non-hydrogen) atoms. The molecule has 0 N–H and O–H groups in total. The Labute approximate surface area is 476 Å². The molecule has 8 bridgehead atoms. The number of fused-ring (bicyclic) bond motifs is 5. The summed E-state index contributed by atoms with van der Waals surface area (Å²) in [5.74, 6) is -4.58. The molecule has 0 saturated carbocycles. The first kappa shape index (κ1) is 65.2. The van der Waals surface area contributed by atoms with Gasteiger partial charge in [0.15, 0.2) is 24.8 Å². The Morgan fingerprint density at radius 1 is 0.512 bits per heavy atom. The second-order valence-corrected chi connectivity index (χ2v) is 18.8. The quantitative estimate of drug-likeness (QED) is 0.102. The van der Waals surface area contributed by atoms with Gasteiger partial charge < -0.3 is 68.6 Å². The van der Waals surface area contributed by atoms with Crippen molar-refractivity contribution in [2.75, 3.05) is 41.3 Å². The monoisotopic (exact) mass is 1130 g/mol. The van der Waals surface area contributed by atoms with Gasteiger partial charge in [-0.25, -0.2) is 24.1 Å². The summed E-state index contributed by atoms with van der Waals surface area (Å²) < 4.78 is 11.2. The number of aryl methyl sites for hydroxylation is 2. The van der Waals surface area contributed by atoms with Gasteiger partial charge in [-0.2, -0.15) is 0 Å². The summed E-state index contributed by atoms with van der Waals surface area (Å²) in [7, 11) is 12.7. The summed E-state index contributed by atoms with van der Waals surface area (Å²) in [6, 6.07) is 21.0. The van der Waals surface area contributed by atoms with E-state index in [1.807, 2.05) is 35.2 Å². The smallest absolute Gasteiger partial charge is 0.657 e. The standard InChI is InChI=1S/C50H48N8O.5C2H4O2.Mn/c1-55-26-20-35(21-27-55)48-41-14-12-39(51-41)47(34-8-10-38(11-9-34)59-33-7-32-58(4,5)6)40-13-15-42(52-40)49(36-22-28-56(2)29-23-36)44-17-19-46(54-44)50(45-18-16-43(48)53-45)37-24-30-57(3)31-25-37;5*1-2(3)4;/h8-31H,7,32-33H2,1-6H3;5*1H3,(H,3,4);/q+2;;;;;;+3/p-5. The van der Waals surface area contributed by atoms with E-state index in [1.54, 1.807) is 0 Å². The van der Waals surface area contributed by atoms with Crippen LogP contribution < -0.4 is 44.4 Å². The van der Waals surface area contributed by atoms with Crippen molar-refractivity contribution in [3.05, 3.63) is 203 Å². The molecule has 0 radical (unpaired) electrons. The van der Waals surface area contributed by atoms with Gasteiger partial charge in [-0.15, -0.1) is 11.4 Å². The van der Waals surface area contributed by atoms with Crippen molar-refractivity contribution in [2.45, 2.75) is 41.0 Å². The van der Waals surface area contributed by atoms with Crippen LogP contribution in [0.25, 0.3) is 16.7 Å². The van der Waals surface area contributed by atoms with Gasteiger partial charge in [0.25, 0.3) is 0 Å². The Kier molecular flexibility index (Phi) is 25.0. The summed E-state index contributed by atoms with van der Waals surface area (Å²) in [5, 5.41) is 44.4. The summed E-state index contributed by atoms with van der Waals surface area (Å²) in [4.78, 5) is 68.1. The van der Waals surface area contributed by atoms with E-state index in [4.69, 9.17) is 74.2 Å². The third-order valence-corrected chi connectivity index (χ3v) is 10.8. The molecule has 0 unspecified atom stereocenters. The molecule has 3 aromatic heterocycles. The van der Waals surface area contributed by atoms with Crippen molar-refractivity contribution >= 4 is 63.7 Å². The predicted molar refractivity (Wildman–Crippen MR) is 290 cm³/mol. The van der Waals surface area contributed by atoms with Crippen LogP contribution in [0.3, 0.4) is 0 Å². The Hall–Kier alpha value is -9.10. The number of nitrogens with zero attached hydrogens (tertiary/aromatic N) is 8. The number of carboxylic acids is 5. The fourth-order valence-electron chi connectivity index (χ4n) is 7.72. The van der Waals surface area contributed by atoms with Crippen molar-refractivity contribution in [1.29, 1.82) is 0 Å². The number of allylic oxidation sites excluding steroid dienone is 11. The normalized spacial score (nSPS) is 14.2. The average molecular weight is 1130 g/mol. The molecule has 9 rings (SSSR count). The maximum Gasteiger partial charge on any atom is 3.00 e. The van der Waals surface area contributed by atoms with Crippen molar-refractivity contribution in [2.24, 2.45) is 29.1 Å². The van der Waals surface area contributed by atoms with E-state index in [9.17, 15) is 0 Å². The van der Waals surface area contributed by atoms with E-state index < -0.39 is 29.8 Å². The molecule has 0 aliphatic carbocycles. The average Bonchev–Trinajstić information content (AvgIpc) is 4.20. The Balaban J connectivity index is 0.000000695. The summed E-state index contributed by atoms with van der Waals surface area (Å²) in [6.07, 6.45) is 30.2. The minimum atomic E-state index is -1.08. The Bertz CT molecular complexity index is 3200. The van der Waals surface area contributed by atoms with Gasteiger partial charge in [-0.3, -0.25) is 0 Å². The van der Waals surface area contributed by atoms with Gasteiger partial charge in [0.1, 0.15) is 19.8 Å². The fourth-order valence-corrected chi connectivity index (χ4v) is 7.72. The van der Waals surface area contributed by atoms with Gasteiger partial charge in [-0.05, 0) is 129 Å². The summed E-state index contributed by atoms with van der Waals surface area (Å²) in [5.41, 5.74) is 14.5. The number of carbonyl (C=O) groups excluding carboxylic acids is 5. The van der Waals surface area contributed by atoms with Crippen molar-refractivity contribution < 1.29 is 84.9 Å². The number of carboxylic acid groups (broad SMARTS) is 5. The largest absolute Gasteiger partial charge is 3.00 e. The number of rotatable bonds is 8. The molecule has 0 saturated heterocycles. The van der Waals surface area contributed by atoms with Crippen LogP contribution >= 0.6 is 0 Å². The fraction of sp³-hybridized carbons (Fsp3) is 0.233. The summed E-state index contributed by atoms with van der Waals surface area (Å²) >= 11 is 0. The SMILES string of the molecule is CC(=O)[O-].CC(=O)[O-].CC(=O)[O-].CC(=O)[O-].CC(=O)[O-].CN1C=CC(=C2C3=NC(=C(c4ccc(OCCC[N+](C)(C)C)cc4)C4=NC(=C(c5cc[n+](C)cc5)c5ccc([n-]5)C(c5cc[n+](C)cc5)=C5C=CC2=N5)C=C4)C=C3)C=C1.[Mn+3]. The van der Waals surface area contributed by atoms with E-state index >= 15 is 0 Å². The number of aliphatic carboxylic acids is 5. The molecule has 0 spiro atoms. The molecular formula is C60H63MnN8O11. The maximum atomic E-state index is 8.89. The van der Waals surface area contributed by atoms with Crippen LogP contribution in [-0.2, 0) is 55.1 Å². The van der Waals surface area contributed by atoms with Crippen LogP contribution in [0.2, 0.25) is 0 Å². The first-order valence-electron chi connectivity index (χ1n) is 24.6. The first-order valence-corrected chi connectivity index (χ1v) is 24.6. The van der Waals surface area contributed by atoms with Crippen LogP contribution in [0.5, 0.6) is 5.75 Å². The first-order chi connectivity index (χ1) is 37.2. The van der Waals surface area contributed by atoms with E-state index in [-0.39, 0.29) is 17.1 Å². The van der Waals surface area contributed by atoms with Crippen molar-refractivity contribution in [3.8, 4) is 5.75 Å². The third-order valence-electron chi connectivity index (χ3n) is 10.8. The number of benzene rings is 1. The van der Waals surface area contributed by atoms with Crippen LogP contribution in [0, 0.1) is 0 Å². The topological polar surface area (TPSA) is 272 Å². The Morgan fingerprint density at radius 3 is 1.21 bits per heavy atom. The van der Waals surface area contributed by atoms with E-state index in [1.165, 1.54) is 0 Å². The van der Waals surface area contributed by atoms with Gasteiger partial charge >= 0.3 is 17.1 Å². The molecule has 8 heterocycles. The second-order valence-electron chi connectivity index (χ2n) is 18.8. The van der Waals surface area contributed by atoms with Gasteiger partial charge in [0.2, 0.25) is 0 Å². The second kappa shape index (κ2) is 30.7. The molecule has 19 nitrogen and oxygen atoms in total. The Morgan fingerprint density at radius 2 is 0.850 bits per heavy atom. The van der Waals surface area contributed by atoms with Crippen molar-refractivity contribution in [1.82, 2.24) is 9.88 Å². The van der Waals surface area contributed by atoms with Gasteiger partial charge in [-0.1, -0.05) is 24.3 Å². The van der Waals surface area contributed by atoms with E-state index in [0.29, 0.717) is 6.61 Å². The molecule has 416 valence electrons. The number of aliphatic imine (C=N–C) groups is 3. The molecular weight excluding hydrogens is 1060 g/mol. The number of aromatic nitrogens is 3. The molecule has 1 aromatic carbocycles. The van der Waals surface area contributed by atoms with Crippen molar-refractivity contribution in [3.63, 3.8) is 0 Å². The molecule has 5 aliphatic rings. The number of hydrogen-bond donors (Lipinski definition) is 0. The zero-order valence-electron chi connectivity index (χ0n) is 46.4. The van der Waals surface area contributed by atoms with Crippen LogP contribution in [0.4, 0.5) is 0 Å². The molecule has 0 fully saturated rings. The minimum Gasteiger partial charge on any atom is -0.657 e. The molecule has 0 atom stereocenters. The van der Waals surface area contributed by atoms with Crippen LogP contribution in [0.15, 0.2) is 190 Å². The van der Waals surface area contributed by atoms with E-state index in [2.05, 4.69) is 168 Å². The minimum absolute atomic E-state index is 0. The maximum absolute atomic E-state index is 8.89. The number of ether oxygens (including phenoxy) is 1. The number of hydrogen-bond acceptors (Lipinski definition) is 15. The zero-order valence-corrected chi connectivity index (χ0v) is 47.6. The molecule has 4 aromatic rings. The van der Waals surface area contributed by atoms with E-state index in [0.717, 1.165) is 148 Å². The number of carbonyl (C=O) groups is 5. The molecule has 5 aliphatic heterocycles.